The summed E-state index contributed by atoms with van der Waals surface area (Å²) >= 11 is 0. The number of nitrogens with one attached hydrogen (secondary N) is 1. The number of aryl methyl sites for hydroxylation is 1. The second-order valence-corrected chi connectivity index (χ2v) is 9.04. The van der Waals surface area contributed by atoms with Crippen LogP contribution < -0.4 is 5.32 Å². The molecule has 0 aliphatic heterocycles. The molecular formula is C27H21F10N5O. The summed E-state index contributed by atoms with van der Waals surface area (Å²) in [4.78, 5) is 11.3. The summed E-state index contributed by atoms with van der Waals surface area (Å²) < 4.78 is 130. The SMILES string of the molecule is CN[C@](Cc1nnn(C)n1)(c1ccc(F)cc1)c1cc(F)cc(C(F)(F)C(F)F)c1.O=Cc1ccc(F)c(C(F)(F)F)c1. The quantitative estimate of drug-likeness (QED) is 0.187. The van der Waals surface area contributed by atoms with E-state index in [0.29, 0.717) is 23.8 Å². The van der Waals surface area contributed by atoms with Gasteiger partial charge in [0.05, 0.1) is 18.2 Å². The smallest absolute Gasteiger partial charge is 0.306 e. The molecule has 0 amide bonds. The van der Waals surface area contributed by atoms with E-state index in [4.69, 9.17) is 0 Å². The lowest BCUT2D eigenvalue weighted by molar-refractivity contribution is -0.140. The number of alkyl halides is 7. The first-order valence-electron chi connectivity index (χ1n) is 12.0. The molecule has 0 bridgehead atoms. The number of carbonyl (C=O) groups excluding carboxylic acids is 1. The van der Waals surface area contributed by atoms with E-state index in [0.717, 1.165) is 30.3 Å². The summed E-state index contributed by atoms with van der Waals surface area (Å²) in [6.07, 6.45) is -8.66. The summed E-state index contributed by atoms with van der Waals surface area (Å²) in [7, 11) is 2.98. The molecule has 1 atom stereocenters. The topological polar surface area (TPSA) is 72.7 Å². The lowest BCUT2D eigenvalue weighted by Crippen LogP contribution is -2.44. The molecule has 1 aromatic heterocycles. The van der Waals surface area contributed by atoms with Gasteiger partial charge in [-0.25, -0.2) is 22.0 Å². The van der Waals surface area contributed by atoms with Gasteiger partial charge < -0.3 is 5.32 Å². The molecule has 0 unspecified atom stereocenters. The van der Waals surface area contributed by atoms with Gasteiger partial charge in [-0.2, -0.15) is 26.7 Å². The standard InChI is InChI=1S/C19H17F6N5.C8H4F4O/c1-26-18(10-16-27-29-30(2)28-16,11-3-5-14(20)6-4-11)12-7-13(9-15(21)8-12)19(24,25)17(22)23;9-7-2-1-5(4-13)3-6(7)8(10,11)12/h3-9,17,26H,10H2,1-2H3;1-4H/t18-;/m1./s1. The van der Waals surface area contributed by atoms with Crippen LogP contribution in [0.25, 0.3) is 0 Å². The first-order valence-corrected chi connectivity index (χ1v) is 12.0. The van der Waals surface area contributed by atoms with E-state index in [1.54, 1.807) is 0 Å². The third-order valence-electron chi connectivity index (χ3n) is 6.22. The van der Waals surface area contributed by atoms with E-state index >= 15 is 0 Å². The van der Waals surface area contributed by atoms with Crippen LogP contribution in [0.3, 0.4) is 0 Å². The predicted molar refractivity (Wildman–Crippen MR) is 132 cm³/mol. The van der Waals surface area contributed by atoms with Crippen LogP contribution in [0.4, 0.5) is 43.9 Å². The van der Waals surface area contributed by atoms with Gasteiger partial charge in [-0.3, -0.25) is 4.79 Å². The van der Waals surface area contributed by atoms with Crippen molar-refractivity contribution in [1.82, 2.24) is 25.5 Å². The van der Waals surface area contributed by atoms with Crippen molar-refractivity contribution >= 4 is 6.29 Å². The summed E-state index contributed by atoms with van der Waals surface area (Å²) in [6, 6.07) is 9.20. The Morgan fingerprint density at radius 2 is 1.49 bits per heavy atom. The molecule has 4 rings (SSSR count). The third kappa shape index (κ3) is 7.55. The summed E-state index contributed by atoms with van der Waals surface area (Å²) in [5.74, 6) is -7.45. The van der Waals surface area contributed by atoms with E-state index in [9.17, 15) is 48.7 Å². The molecule has 43 heavy (non-hydrogen) atoms. The molecule has 16 heteroatoms. The molecule has 0 aliphatic rings. The molecule has 0 saturated heterocycles. The zero-order valence-corrected chi connectivity index (χ0v) is 22.1. The van der Waals surface area contributed by atoms with Gasteiger partial charge in [0.2, 0.25) is 0 Å². The van der Waals surface area contributed by atoms with E-state index in [2.05, 4.69) is 20.7 Å². The van der Waals surface area contributed by atoms with Crippen molar-refractivity contribution in [3.05, 3.63) is 112 Å². The molecular weight excluding hydrogens is 600 g/mol. The van der Waals surface area contributed by atoms with E-state index in [1.165, 1.54) is 31.0 Å². The lowest BCUT2D eigenvalue weighted by Gasteiger charge is -2.35. The average molecular weight is 621 g/mol. The number of benzene rings is 3. The van der Waals surface area contributed by atoms with Crippen LogP contribution in [0.15, 0.2) is 60.7 Å². The number of halogens is 10. The molecule has 0 fully saturated rings. The highest BCUT2D eigenvalue weighted by atomic mass is 19.4. The summed E-state index contributed by atoms with van der Waals surface area (Å²) in [5, 5.41) is 14.5. The predicted octanol–water partition coefficient (Wildman–Crippen LogP) is 6.21. The normalized spacial score (nSPS) is 13.3. The molecule has 6 nitrogen and oxygen atoms in total. The monoisotopic (exact) mass is 621 g/mol. The molecule has 0 saturated carbocycles. The first-order chi connectivity index (χ1) is 20.0. The molecule has 1 heterocycles. The van der Waals surface area contributed by atoms with Gasteiger partial charge >= 0.3 is 18.5 Å². The van der Waals surface area contributed by atoms with Crippen molar-refractivity contribution in [2.45, 2.75) is 30.5 Å². The number of hydrogen-bond acceptors (Lipinski definition) is 5. The van der Waals surface area contributed by atoms with Gasteiger partial charge in [0.15, 0.2) is 5.82 Å². The molecule has 230 valence electrons. The molecule has 0 radical (unpaired) electrons. The van der Waals surface area contributed by atoms with Gasteiger partial charge in [-0.15, -0.1) is 10.2 Å². The van der Waals surface area contributed by atoms with Crippen molar-refractivity contribution in [3.63, 3.8) is 0 Å². The number of tetrazole rings is 1. The fourth-order valence-corrected chi connectivity index (χ4v) is 4.10. The average Bonchev–Trinajstić information content (AvgIpc) is 3.36. The second-order valence-electron chi connectivity index (χ2n) is 9.04. The highest BCUT2D eigenvalue weighted by Crippen LogP contribution is 2.39. The Morgan fingerprint density at radius 3 is 2.00 bits per heavy atom. The fraction of sp³-hybridized carbons (Fsp3) is 0.259. The number of aromatic nitrogens is 4. The van der Waals surface area contributed by atoms with Gasteiger partial charge in [-0.05, 0) is 71.9 Å². The van der Waals surface area contributed by atoms with Gasteiger partial charge in [-0.1, -0.05) is 12.1 Å². The van der Waals surface area contributed by atoms with Crippen molar-refractivity contribution < 1.29 is 48.7 Å². The Labute approximate surface area is 237 Å². The number of likely N-dealkylation sites (N-methyl/N-ethyl adjacent to an activating group) is 1. The van der Waals surface area contributed by atoms with E-state index < -0.39 is 52.6 Å². The summed E-state index contributed by atoms with van der Waals surface area (Å²) in [6.45, 7) is 0. The Balaban J connectivity index is 0.000000326. The number of rotatable bonds is 8. The maximum Gasteiger partial charge on any atom is 0.419 e. The minimum Gasteiger partial charge on any atom is -0.306 e. The number of nitrogens with zero attached hydrogens (tertiary/aromatic N) is 4. The minimum atomic E-state index is -4.76. The third-order valence-corrected chi connectivity index (χ3v) is 6.22. The van der Waals surface area contributed by atoms with Crippen LogP contribution in [0.5, 0.6) is 0 Å². The Bertz CT molecular complexity index is 1560. The number of hydrogen-bond donors (Lipinski definition) is 1. The van der Waals surface area contributed by atoms with Crippen LogP contribution in [0, 0.1) is 17.5 Å². The highest BCUT2D eigenvalue weighted by molar-refractivity contribution is 5.75. The fourth-order valence-electron chi connectivity index (χ4n) is 4.10. The second kappa shape index (κ2) is 12.9. The number of aldehydes is 1. The molecule has 3 aromatic carbocycles. The molecule has 0 spiro atoms. The Hall–Kier alpha value is -4.34. The Morgan fingerprint density at radius 1 is 0.860 bits per heavy atom. The summed E-state index contributed by atoms with van der Waals surface area (Å²) in [5.41, 5.74) is -3.96. The van der Waals surface area contributed by atoms with Gasteiger partial charge in [0, 0.05) is 17.5 Å². The molecule has 0 aliphatic carbocycles. The lowest BCUT2D eigenvalue weighted by atomic mass is 9.79. The van der Waals surface area contributed by atoms with Crippen molar-refractivity contribution in [2.24, 2.45) is 7.05 Å². The zero-order chi connectivity index (χ0) is 32.2. The van der Waals surface area contributed by atoms with Crippen molar-refractivity contribution in [3.8, 4) is 0 Å². The van der Waals surface area contributed by atoms with E-state index in [-0.39, 0.29) is 29.7 Å². The van der Waals surface area contributed by atoms with Crippen LogP contribution in [-0.4, -0.2) is 40.0 Å². The number of carbonyl (C=O) groups is 1. The van der Waals surface area contributed by atoms with Crippen molar-refractivity contribution in [1.29, 1.82) is 0 Å². The largest absolute Gasteiger partial charge is 0.419 e. The van der Waals surface area contributed by atoms with Gasteiger partial charge in [0.25, 0.3) is 0 Å². The molecule has 1 N–H and O–H groups in total. The maximum atomic E-state index is 14.3. The van der Waals surface area contributed by atoms with Crippen LogP contribution in [0.2, 0.25) is 0 Å². The minimum absolute atomic E-state index is 0.0839. The van der Waals surface area contributed by atoms with E-state index in [1.807, 2.05) is 0 Å². The maximum absolute atomic E-state index is 14.3. The van der Waals surface area contributed by atoms with Crippen LogP contribution in [-0.2, 0) is 31.1 Å². The Kier molecular flexibility index (Phi) is 9.94. The van der Waals surface area contributed by atoms with Gasteiger partial charge in [0.1, 0.15) is 23.7 Å². The highest BCUT2D eigenvalue weighted by Gasteiger charge is 2.45. The van der Waals surface area contributed by atoms with Crippen molar-refractivity contribution in [2.75, 3.05) is 7.05 Å². The molecule has 4 aromatic rings. The van der Waals surface area contributed by atoms with Crippen LogP contribution >= 0.6 is 0 Å². The zero-order valence-electron chi connectivity index (χ0n) is 22.1. The first kappa shape index (κ1) is 33.2. The van der Waals surface area contributed by atoms with Crippen LogP contribution in [0.1, 0.15) is 38.4 Å².